The molecule has 0 aromatic carbocycles. The highest BCUT2D eigenvalue weighted by molar-refractivity contribution is 5.67. The Morgan fingerprint density at radius 1 is 1.31 bits per heavy atom. The number of carbonyl (C=O) groups is 1. The lowest BCUT2D eigenvalue weighted by atomic mass is 9.43. The molecule has 6 rings (SSSR count). The number of hydrogen-bond acceptors (Lipinski definition) is 5. The number of likely N-dealkylation sites (tertiary alicyclic amines) is 1. The molecule has 160 valence electrons. The van der Waals surface area contributed by atoms with Crippen LogP contribution in [0.15, 0.2) is 12.2 Å². The maximum absolute atomic E-state index is 12.1. The minimum Gasteiger partial charge on any atom is -0.457 e. The molecule has 0 amide bonds. The first-order valence-corrected chi connectivity index (χ1v) is 11.7. The van der Waals surface area contributed by atoms with Crippen molar-refractivity contribution in [2.24, 2.45) is 39.9 Å². The van der Waals surface area contributed by atoms with Gasteiger partial charge in [-0.1, -0.05) is 20.4 Å². The van der Waals surface area contributed by atoms with Crippen LogP contribution in [0.25, 0.3) is 0 Å². The summed E-state index contributed by atoms with van der Waals surface area (Å²) in [5.74, 6) is 0.875. The molecule has 0 aromatic heterocycles. The maximum Gasteiger partial charge on any atom is 0.303 e. The van der Waals surface area contributed by atoms with Gasteiger partial charge in [0.1, 0.15) is 6.10 Å². The average molecular weight is 402 g/mol. The van der Waals surface area contributed by atoms with Crippen molar-refractivity contribution in [3.63, 3.8) is 0 Å². The third-order valence-electron chi connectivity index (χ3n) is 10.8. The van der Waals surface area contributed by atoms with Gasteiger partial charge in [0.2, 0.25) is 0 Å². The van der Waals surface area contributed by atoms with Crippen LogP contribution in [0, 0.1) is 39.9 Å². The van der Waals surface area contributed by atoms with Gasteiger partial charge in [0.05, 0.1) is 12.2 Å². The predicted octanol–water partition coefficient (Wildman–Crippen LogP) is 2.36. The Morgan fingerprint density at radius 2 is 2.07 bits per heavy atom. The second kappa shape index (κ2) is 5.46. The van der Waals surface area contributed by atoms with E-state index >= 15 is 0 Å². The number of ether oxygens (including phenoxy) is 1. The van der Waals surface area contributed by atoms with Crippen molar-refractivity contribution in [3.05, 3.63) is 12.2 Å². The molecule has 11 atom stereocenters. The van der Waals surface area contributed by atoms with Gasteiger partial charge in [0.15, 0.2) is 0 Å². The van der Waals surface area contributed by atoms with Crippen LogP contribution in [0.5, 0.6) is 0 Å². The smallest absolute Gasteiger partial charge is 0.303 e. The first kappa shape index (κ1) is 18.8. The predicted molar refractivity (Wildman–Crippen MR) is 108 cm³/mol. The third kappa shape index (κ3) is 1.81. The normalized spacial score (nSPS) is 59.7. The zero-order chi connectivity index (χ0) is 20.5. The average Bonchev–Trinajstić information content (AvgIpc) is 3.19. The first-order valence-electron chi connectivity index (χ1n) is 11.7. The van der Waals surface area contributed by atoms with Gasteiger partial charge in [-0.2, -0.15) is 0 Å². The monoisotopic (exact) mass is 401 g/mol. The largest absolute Gasteiger partial charge is 0.457 e. The lowest BCUT2D eigenvalue weighted by Gasteiger charge is -2.65. The zero-order valence-electron chi connectivity index (χ0n) is 17.9. The van der Waals surface area contributed by atoms with Crippen LogP contribution in [0.2, 0.25) is 0 Å². The van der Waals surface area contributed by atoms with Gasteiger partial charge in [-0.05, 0) is 67.4 Å². The fourth-order valence-electron chi connectivity index (χ4n) is 10.3. The highest BCUT2D eigenvalue weighted by Crippen LogP contribution is 2.83. The summed E-state index contributed by atoms with van der Waals surface area (Å²) >= 11 is 0. The van der Waals surface area contributed by atoms with E-state index in [1.54, 1.807) is 0 Å². The Labute approximate surface area is 173 Å². The second-order valence-electron chi connectivity index (χ2n) is 11.5. The molecule has 7 bridgehead atoms. The molecule has 2 N–H and O–H groups in total. The third-order valence-corrected chi connectivity index (χ3v) is 10.8. The van der Waals surface area contributed by atoms with E-state index in [1.807, 2.05) is 0 Å². The number of piperidine rings is 1. The van der Waals surface area contributed by atoms with Gasteiger partial charge >= 0.3 is 5.97 Å². The minimum atomic E-state index is -0.439. The minimum absolute atomic E-state index is 0.0217. The van der Waals surface area contributed by atoms with Crippen LogP contribution in [0.1, 0.15) is 52.9 Å². The molecule has 6 fully saturated rings. The van der Waals surface area contributed by atoms with E-state index in [-0.39, 0.29) is 46.3 Å². The summed E-state index contributed by atoms with van der Waals surface area (Å²) in [6.07, 6.45) is 3.58. The molecule has 1 aliphatic heterocycles. The Kier molecular flexibility index (Phi) is 3.55. The molecule has 0 radical (unpaired) electrons. The number of carbonyl (C=O) groups excluding carboxylic acids is 1. The molecule has 1 heterocycles. The molecule has 1 saturated heterocycles. The summed E-state index contributed by atoms with van der Waals surface area (Å²) in [5.41, 5.74) is 0.812. The number of esters is 1. The van der Waals surface area contributed by atoms with E-state index in [9.17, 15) is 15.0 Å². The molecule has 5 saturated carbocycles. The first-order chi connectivity index (χ1) is 13.7. The van der Waals surface area contributed by atoms with Gasteiger partial charge in [-0.3, -0.25) is 9.69 Å². The summed E-state index contributed by atoms with van der Waals surface area (Å²) in [5, 5.41) is 22.8. The summed E-state index contributed by atoms with van der Waals surface area (Å²) in [6, 6.07) is 0.334. The van der Waals surface area contributed by atoms with Crippen molar-refractivity contribution in [2.75, 3.05) is 13.1 Å². The van der Waals surface area contributed by atoms with Gasteiger partial charge in [0.25, 0.3) is 0 Å². The molecular formula is C24H35NO4. The van der Waals surface area contributed by atoms with E-state index in [0.717, 1.165) is 50.8 Å². The van der Waals surface area contributed by atoms with Crippen LogP contribution in [0.4, 0.5) is 0 Å². The quantitative estimate of drug-likeness (QED) is 0.549. The van der Waals surface area contributed by atoms with E-state index in [4.69, 9.17) is 4.74 Å². The summed E-state index contributed by atoms with van der Waals surface area (Å²) in [6.45, 7) is 12.6. The van der Waals surface area contributed by atoms with E-state index < -0.39 is 6.10 Å². The van der Waals surface area contributed by atoms with Gasteiger partial charge in [-0.25, -0.2) is 0 Å². The van der Waals surface area contributed by atoms with Crippen LogP contribution >= 0.6 is 0 Å². The molecule has 6 aliphatic rings. The van der Waals surface area contributed by atoms with Gasteiger partial charge in [0, 0.05) is 36.3 Å². The molecular weight excluding hydrogens is 366 g/mol. The highest BCUT2D eigenvalue weighted by Gasteiger charge is 2.85. The molecule has 5 nitrogen and oxygen atoms in total. The van der Waals surface area contributed by atoms with Crippen molar-refractivity contribution < 1.29 is 19.7 Å². The fourth-order valence-corrected chi connectivity index (χ4v) is 10.3. The Hall–Kier alpha value is -0.910. The molecule has 5 heteroatoms. The summed E-state index contributed by atoms with van der Waals surface area (Å²) in [4.78, 5) is 14.7. The highest BCUT2D eigenvalue weighted by atomic mass is 16.5. The topological polar surface area (TPSA) is 70.0 Å². The van der Waals surface area contributed by atoms with Crippen molar-refractivity contribution in [2.45, 2.75) is 77.2 Å². The zero-order valence-corrected chi connectivity index (χ0v) is 17.9. The molecule has 5 aliphatic carbocycles. The van der Waals surface area contributed by atoms with Crippen LogP contribution in [-0.2, 0) is 9.53 Å². The number of aliphatic hydroxyl groups is 2. The van der Waals surface area contributed by atoms with E-state index in [2.05, 4.69) is 25.3 Å². The Balaban J connectivity index is 1.58. The van der Waals surface area contributed by atoms with E-state index in [1.165, 1.54) is 6.92 Å². The Morgan fingerprint density at radius 3 is 2.76 bits per heavy atom. The van der Waals surface area contributed by atoms with Crippen molar-refractivity contribution in [1.82, 2.24) is 4.90 Å². The second-order valence-corrected chi connectivity index (χ2v) is 11.5. The summed E-state index contributed by atoms with van der Waals surface area (Å²) in [7, 11) is 0. The van der Waals surface area contributed by atoms with E-state index in [0.29, 0.717) is 17.9 Å². The fraction of sp³-hybridized carbons (Fsp3) is 0.875. The lowest BCUT2D eigenvalue weighted by molar-refractivity contribution is -0.220. The lowest BCUT2D eigenvalue weighted by Crippen LogP contribution is -2.68. The maximum atomic E-state index is 12.1. The molecule has 29 heavy (non-hydrogen) atoms. The van der Waals surface area contributed by atoms with Crippen LogP contribution < -0.4 is 0 Å². The number of nitrogens with zero attached hydrogens (tertiary/aromatic N) is 1. The Bertz CT molecular complexity index is 798. The number of rotatable bonds is 2. The standard InChI is InChI=1S/C24H35NO4/c1-5-25-11-22(4)7-6-19(28)24-17(22)8-15(20(24)25)23-10-14(16(27)9-18(23)24)12(2)21(23)29-13(3)26/h14-21,27-28H,2,5-11H2,1,3-4H3/t14-,15?,16+,17-,18-,19+,20?,21-,22+,23?,24+/m1/s1. The number of fused-ring (bicyclic) bond motifs is 1. The molecule has 0 aromatic rings. The molecule has 3 unspecified atom stereocenters. The van der Waals surface area contributed by atoms with Gasteiger partial charge < -0.3 is 14.9 Å². The molecule has 2 spiro atoms. The van der Waals surface area contributed by atoms with Crippen molar-refractivity contribution in [1.29, 1.82) is 0 Å². The summed E-state index contributed by atoms with van der Waals surface area (Å²) < 4.78 is 6.01. The van der Waals surface area contributed by atoms with Crippen molar-refractivity contribution in [3.8, 4) is 0 Å². The van der Waals surface area contributed by atoms with Gasteiger partial charge in [-0.15, -0.1) is 0 Å². The van der Waals surface area contributed by atoms with Crippen LogP contribution in [-0.4, -0.2) is 58.5 Å². The number of aliphatic hydroxyl groups excluding tert-OH is 2. The van der Waals surface area contributed by atoms with Crippen LogP contribution in [0.3, 0.4) is 0 Å². The van der Waals surface area contributed by atoms with Crippen molar-refractivity contribution >= 4 is 5.97 Å². The SMILES string of the molecule is C=C1[C@H]2CC3(C4C[C@@H]5[C@@]6(C)CC[C@H](O)[C@@]5(C4N(CC)C6)[C@@H]3C[C@@H]2O)[C@@H]1OC(C)=O. The number of hydrogen-bond donors (Lipinski definition) is 2.